The Morgan fingerprint density at radius 1 is 1.40 bits per heavy atom. The maximum absolute atomic E-state index is 4.91. The molecule has 0 amide bonds. The lowest BCUT2D eigenvalue weighted by Crippen LogP contribution is -1.63. The second-order valence-electron chi connectivity index (χ2n) is 1.98. The first-order valence-electron chi connectivity index (χ1n) is 3.00. The van der Waals surface area contributed by atoms with Gasteiger partial charge in [0.2, 0.25) is 0 Å². The topological polar surface area (TPSA) is 41.8 Å². The molecule has 0 aliphatic carbocycles. The van der Waals surface area contributed by atoms with Crippen LogP contribution in [-0.2, 0) is 0 Å². The molecule has 0 unspecified atom stereocenters. The highest BCUT2D eigenvalue weighted by Gasteiger charge is 1.98. The number of H-pyrrole nitrogens is 1. The zero-order valence-electron chi connectivity index (χ0n) is 5.24. The van der Waals surface area contributed by atoms with Crippen molar-refractivity contribution in [2.24, 2.45) is 0 Å². The van der Waals surface area contributed by atoms with E-state index in [1.807, 2.05) is 24.5 Å². The highest BCUT2D eigenvalue weighted by atomic mass is 16.5. The van der Waals surface area contributed by atoms with Crippen molar-refractivity contribution in [2.45, 2.75) is 0 Å². The molecule has 1 N–H and O–H groups in total. The van der Waals surface area contributed by atoms with E-state index >= 15 is 0 Å². The quantitative estimate of drug-likeness (QED) is 0.644. The SMILES string of the molecule is c1cc(-c2cc[nH]c2)on1. The van der Waals surface area contributed by atoms with Crippen LogP contribution in [0.25, 0.3) is 11.3 Å². The molecule has 3 nitrogen and oxygen atoms in total. The summed E-state index contributed by atoms with van der Waals surface area (Å²) < 4.78 is 4.91. The van der Waals surface area contributed by atoms with Gasteiger partial charge in [0.1, 0.15) is 0 Å². The van der Waals surface area contributed by atoms with Crippen LogP contribution in [0.2, 0.25) is 0 Å². The molecular weight excluding hydrogens is 128 g/mol. The number of nitrogens with zero attached hydrogens (tertiary/aromatic N) is 1. The van der Waals surface area contributed by atoms with Gasteiger partial charge in [-0.2, -0.15) is 0 Å². The van der Waals surface area contributed by atoms with Gasteiger partial charge in [0.25, 0.3) is 0 Å². The Hall–Kier alpha value is -1.51. The van der Waals surface area contributed by atoms with Crippen LogP contribution in [0.1, 0.15) is 0 Å². The molecule has 0 fully saturated rings. The highest BCUT2D eigenvalue weighted by Crippen LogP contribution is 2.16. The third kappa shape index (κ3) is 0.719. The highest BCUT2D eigenvalue weighted by molar-refractivity contribution is 5.54. The Labute approximate surface area is 57.7 Å². The molecule has 0 bridgehead atoms. The van der Waals surface area contributed by atoms with E-state index in [0.29, 0.717) is 0 Å². The lowest BCUT2D eigenvalue weighted by molar-refractivity contribution is 0.432. The van der Waals surface area contributed by atoms with Crippen LogP contribution in [0.4, 0.5) is 0 Å². The van der Waals surface area contributed by atoms with E-state index in [0.717, 1.165) is 11.3 Å². The van der Waals surface area contributed by atoms with E-state index in [1.54, 1.807) is 6.20 Å². The first-order valence-corrected chi connectivity index (χ1v) is 3.00. The third-order valence-electron chi connectivity index (χ3n) is 1.32. The number of rotatable bonds is 1. The largest absolute Gasteiger partial charge is 0.367 e. The van der Waals surface area contributed by atoms with Crippen LogP contribution < -0.4 is 0 Å². The Morgan fingerprint density at radius 3 is 3.00 bits per heavy atom. The average molecular weight is 134 g/mol. The van der Waals surface area contributed by atoms with Crippen LogP contribution in [-0.4, -0.2) is 10.1 Å². The molecule has 2 heterocycles. The van der Waals surface area contributed by atoms with Crippen molar-refractivity contribution in [3.8, 4) is 11.3 Å². The van der Waals surface area contributed by atoms with Crippen LogP contribution in [0.3, 0.4) is 0 Å². The molecule has 0 saturated carbocycles. The second kappa shape index (κ2) is 2.02. The lowest BCUT2D eigenvalue weighted by atomic mass is 10.3. The zero-order valence-corrected chi connectivity index (χ0v) is 5.24. The van der Waals surface area contributed by atoms with Crippen LogP contribution in [0.5, 0.6) is 0 Å². The number of hydrogen-bond donors (Lipinski definition) is 1. The molecule has 0 aliphatic rings. The zero-order chi connectivity index (χ0) is 6.81. The summed E-state index contributed by atoms with van der Waals surface area (Å²) in [5.74, 6) is 0.793. The molecule has 2 aromatic heterocycles. The molecule has 2 aromatic rings. The summed E-state index contributed by atoms with van der Waals surface area (Å²) >= 11 is 0. The van der Waals surface area contributed by atoms with Gasteiger partial charge < -0.3 is 9.51 Å². The summed E-state index contributed by atoms with van der Waals surface area (Å²) in [6.07, 6.45) is 5.33. The average Bonchev–Trinajstić information content (AvgIpc) is 2.59. The van der Waals surface area contributed by atoms with Crippen LogP contribution in [0.15, 0.2) is 35.2 Å². The number of aromatic nitrogens is 2. The van der Waals surface area contributed by atoms with E-state index in [-0.39, 0.29) is 0 Å². The van der Waals surface area contributed by atoms with Crippen molar-refractivity contribution in [3.05, 3.63) is 30.7 Å². The molecule has 0 atom stereocenters. The standard InChI is InChI=1S/C7H6N2O/c1-3-8-5-6(1)7-2-4-9-10-7/h1-5,8H. The molecule has 3 heteroatoms. The van der Waals surface area contributed by atoms with Crippen molar-refractivity contribution in [1.29, 1.82) is 0 Å². The molecular formula is C7H6N2O. The summed E-state index contributed by atoms with van der Waals surface area (Å²) in [6.45, 7) is 0. The smallest absolute Gasteiger partial charge is 0.168 e. The van der Waals surface area contributed by atoms with Crippen LogP contribution >= 0.6 is 0 Å². The molecule has 2 rings (SSSR count). The predicted molar refractivity (Wildman–Crippen MR) is 36.3 cm³/mol. The first-order chi connectivity index (χ1) is 4.97. The fourth-order valence-corrected chi connectivity index (χ4v) is 0.842. The summed E-state index contributed by atoms with van der Waals surface area (Å²) in [5.41, 5.74) is 1.03. The Bertz CT molecular complexity index is 251. The lowest BCUT2D eigenvalue weighted by Gasteiger charge is -1.82. The van der Waals surface area contributed by atoms with Crippen molar-refractivity contribution < 1.29 is 4.52 Å². The van der Waals surface area contributed by atoms with Gasteiger partial charge in [0.05, 0.1) is 6.20 Å². The van der Waals surface area contributed by atoms with Gasteiger partial charge in [-0.15, -0.1) is 0 Å². The fraction of sp³-hybridized carbons (Fsp3) is 0. The minimum absolute atomic E-state index is 0.793. The molecule has 0 aromatic carbocycles. The molecule has 0 aliphatic heterocycles. The normalized spacial score (nSPS) is 10.0. The van der Waals surface area contributed by atoms with Crippen molar-refractivity contribution >= 4 is 0 Å². The van der Waals surface area contributed by atoms with Crippen LogP contribution in [0, 0.1) is 0 Å². The van der Waals surface area contributed by atoms with E-state index < -0.39 is 0 Å². The van der Waals surface area contributed by atoms with E-state index in [1.165, 1.54) is 0 Å². The monoisotopic (exact) mass is 134 g/mol. The maximum atomic E-state index is 4.91. The summed E-state index contributed by atoms with van der Waals surface area (Å²) in [4.78, 5) is 2.93. The van der Waals surface area contributed by atoms with Gasteiger partial charge in [-0.1, -0.05) is 5.16 Å². The van der Waals surface area contributed by atoms with Gasteiger partial charge in [-0.25, -0.2) is 0 Å². The van der Waals surface area contributed by atoms with E-state index in [2.05, 4.69) is 10.1 Å². The van der Waals surface area contributed by atoms with Crippen molar-refractivity contribution in [1.82, 2.24) is 10.1 Å². The van der Waals surface area contributed by atoms with E-state index in [9.17, 15) is 0 Å². The van der Waals surface area contributed by atoms with Crippen molar-refractivity contribution in [2.75, 3.05) is 0 Å². The minimum Gasteiger partial charge on any atom is -0.367 e. The number of nitrogens with one attached hydrogen (secondary N) is 1. The predicted octanol–water partition coefficient (Wildman–Crippen LogP) is 1.67. The number of aromatic amines is 1. The van der Waals surface area contributed by atoms with Gasteiger partial charge in [0, 0.05) is 24.0 Å². The van der Waals surface area contributed by atoms with Gasteiger partial charge in [-0.05, 0) is 6.07 Å². The molecule has 0 saturated heterocycles. The Kier molecular flexibility index (Phi) is 1.07. The molecule has 10 heavy (non-hydrogen) atoms. The van der Waals surface area contributed by atoms with Gasteiger partial charge in [-0.3, -0.25) is 0 Å². The van der Waals surface area contributed by atoms with E-state index in [4.69, 9.17) is 4.52 Å². The third-order valence-corrected chi connectivity index (χ3v) is 1.32. The molecule has 0 spiro atoms. The Balaban J connectivity index is 2.48. The van der Waals surface area contributed by atoms with Gasteiger partial charge in [0.15, 0.2) is 5.76 Å². The molecule has 0 radical (unpaired) electrons. The second-order valence-corrected chi connectivity index (χ2v) is 1.98. The van der Waals surface area contributed by atoms with Gasteiger partial charge >= 0.3 is 0 Å². The number of hydrogen-bond acceptors (Lipinski definition) is 2. The summed E-state index contributed by atoms with van der Waals surface area (Å²) in [6, 6.07) is 3.75. The maximum Gasteiger partial charge on any atom is 0.168 e. The minimum atomic E-state index is 0.793. The first kappa shape index (κ1) is 5.29. The summed E-state index contributed by atoms with van der Waals surface area (Å²) in [5, 5.41) is 3.59. The Morgan fingerprint density at radius 2 is 2.40 bits per heavy atom. The fourth-order valence-electron chi connectivity index (χ4n) is 0.842. The van der Waals surface area contributed by atoms with Crippen molar-refractivity contribution in [3.63, 3.8) is 0 Å². The summed E-state index contributed by atoms with van der Waals surface area (Å²) in [7, 11) is 0. The molecule has 50 valence electrons.